The van der Waals surface area contributed by atoms with Crippen LogP contribution in [-0.2, 0) is 18.3 Å². The second-order valence-corrected chi connectivity index (χ2v) is 6.91. The fraction of sp³-hybridized carbons (Fsp3) is 0.348. The van der Waals surface area contributed by atoms with Crippen molar-refractivity contribution in [3.63, 3.8) is 0 Å². The molecule has 0 bridgehead atoms. The van der Waals surface area contributed by atoms with E-state index in [4.69, 9.17) is 4.74 Å². The van der Waals surface area contributed by atoms with Gasteiger partial charge in [-0.15, -0.1) is 0 Å². The number of amides is 1. The van der Waals surface area contributed by atoms with Crippen LogP contribution < -0.4 is 10.1 Å². The Balaban J connectivity index is 1.54. The highest BCUT2D eigenvalue weighted by atomic mass is 16.5. The molecule has 5 nitrogen and oxygen atoms in total. The van der Waals surface area contributed by atoms with Gasteiger partial charge in [-0.25, -0.2) is 0 Å². The highest BCUT2D eigenvalue weighted by Crippen LogP contribution is 2.21. The van der Waals surface area contributed by atoms with Gasteiger partial charge in [0.1, 0.15) is 12.4 Å². The zero-order chi connectivity index (χ0) is 19.9. The van der Waals surface area contributed by atoms with E-state index in [-0.39, 0.29) is 5.91 Å². The summed E-state index contributed by atoms with van der Waals surface area (Å²) in [6.07, 6.45) is 2.38. The van der Waals surface area contributed by atoms with Crippen LogP contribution in [0.4, 0.5) is 5.69 Å². The number of anilines is 1. The third-order valence-corrected chi connectivity index (χ3v) is 5.04. The molecule has 3 rings (SSSR count). The van der Waals surface area contributed by atoms with Crippen molar-refractivity contribution in [2.75, 3.05) is 31.6 Å². The van der Waals surface area contributed by atoms with E-state index in [0.29, 0.717) is 13.0 Å². The van der Waals surface area contributed by atoms with E-state index in [2.05, 4.69) is 40.8 Å². The summed E-state index contributed by atoms with van der Waals surface area (Å²) in [5.41, 5.74) is 2.95. The summed E-state index contributed by atoms with van der Waals surface area (Å²) in [4.78, 5) is 14.8. The van der Waals surface area contributed by atoms with Crippen molar-refractivity contribution >= 4 is 22.5 Å². The second kappa shape index (κ2) is 9.42. The fourth-order valence-corrected chi connectivity index (χ4v) is 3.41. The SMILES string of the molecule is CCN(CC)CCOc1ccc(NC(=O)Cc2cn(C)c3ccccc23)cc1. The van der Waals surface area contributed by atoms with Gasteiger partial charge in [-0.1, -0.05) is 32.0 Å². The van der Waals surface area contributed by atoms with Gasteiger partial charge in [-0.3, -0.25) is 4.79 Å². The lowest BCUT2D eigenvalue weighted by molar-refractivity contribution is -0.115. The Bertz CT molecular complexity index is 911. The van der Waals surface area contributed by atoms with Gasteiger partial charge >= 0.3 is 0 Å². The molecular weight excluding hydrogens is 350 g/mol. The van der Waals surface area contributed by atoms with Gasteiger partial charge in [0.2, 0.25) is 5.91 Å². The number of ether oxygens (including phenoxy) is 1. The molecule has 0 aliphatic rings. The van der Waals surface area contributed by atoms with Gasteiger partial charge in [0.25, 0.3) is 0 Å². The van der Waals surface area contributed by atoms with Crippen LogP contribution in [0.1, 0.15) is 19.4 Å². The zero-order valence-electron chi connectivity index (χ0n) is 16.9. The standard InChI is InChI=1S/C23H29N3O2/c1-4-26(5-2)14-15-28-20-12-10-19(11-13-20)24-23(27)16-18-17-25(3)22-9-7-6-8-21(18)22/h6-13,17H,4-5,14-16H2,1-3H3,(H,24,27). The van der Waals surface area contributed by atoms with Crippen molar-refractivity contribution in [3.8, 4) is 5.75 Å². The lowest BCUT2D eigenvalue weighted by Crippen LogP contribution is -2.27. The van der Waals surface area contributed by atoms with Crippen molar-refractivity contribution < 1.29 is 9.53 Å². The van der Waals surface area contributed by atoms with E-state index in [1.807, 2.05) is 49.6 Å². The number of hydrogen-bond acceptors (Lipinski definition) is 3. The first kappa shape index (κ1) is 20.0. The van der Waals surface area contributed by atoms with Gasteiger partial charge in [-0.05, 0) is 49.0 Å². The van der Waals surface area contributed by atoms with Crippen molar-refractivity contribution in [3.05, 3.63) is 60.3 Å². The Morgan fingerprint density at radius 2 is 1.79 bits per heavy atom. The molecule has 1 aromatic heterocycles. The van der Waals surface area contributed by atoms with Crippen LogP contribution in [-0.4, -0.2) is 41.6 Å². The van der Waals surface area contributed by atoms with Crippen LogP contribution in [0.3, 0.4) is 0 Å². The third kappa shape index (κ3) is 4.93. The number of rotatable bonds is 9. The molecule has 148 valence electrons. The number of nitrogens with one attached hydrogen (secondary N) is 1. The summed E-state index contributed by atoms with van der Waals surface area (Å²) >= 11 is 0. The van der Waals surface area contributed by atoms with Crippen molar-refractivity contribution in [2.45, 2.75) is 20.3 Å². The number of nitrogens with zero attached hydrogens (tertiary/aromatic N) is 2. The van der Waals surface area contributed by atoms with E-state index < -0.39 is 0 Å². The minimum Gasteiger partial charge on any atom is -0.492 e. The summed E-state index contributed by atoms with van der Waals surface area (Å²) in [6.45, 7) is 7.94. The highest BCUT2D eigenvalue weighted by molar-refractivity contribution is 5.96. The predicted molar refractivity (Wildman–Crippen MR) is 115 cm³/mol. The van der Waals surface area contributed by atoms with Gasteiger partial charge < -0.3 is 19.5 Å². The molecule has 5 heteroatoms. The van der Waals surface area contributed by atoms with Gasteiger partial charge in [0.15, 0.2) is 0 Å². The molecule has 3 aromatic rings. The summed E-state index contributed by atoms with van der Waals surface area (Å²) in [7, 11) is 2.00. The number of fused-ring (bicyclic) bond motifs is 1. The number of para-hydroxylation sites is 1. The van der Waals surface area contributed by atoms with E-state index in [0.717, 1.165) is 47.5 Å². The summed E-state index contributed by atoms with van der Waals surface area (Å²) in [5.74, 6) is 0.797. The minimum absolute atomic E-state index is 0.0217. The van der Waals surface area contributed by atoms with Crippen molar-refractivity contribution in [1.82, 2.24) is 9.47 Å². The molecule has 28 heavy (non-hydrogen) atoms. The molecule has 0 radical (unpaired) electrons. The lowest BCUT2D eigenvalue weighted by Gasteiger charge is -2.18. The highest BCUT2D eigenvalue weighted by Gasteiger charge is 2.10. The largest absolute Gasteiger partial charge is 0.492 e. The van der Waals surface area contributed by atoms with E-state index in [9.17, 15) is 4.79 Å². The first-order chi connectivity index (χ1) is 13.6. The Morgan fingerprint density at radius 3 is 2.50 bits per heavy atom. The maximum Gasteiger partial charge on any atom is 0.228 e. The number of benzene rings is 2. The number of aromatic nitrogens is 1. The minimum atomic E-state index is -0.0217. The molecular formula is C23H29N3O2. The number of likely N-dealkylation sites (N-methyl/N-ethyl adjacent to an activating group) is 1. The summed E-state index contributed by atoms with van der Waals surface area (Å²) in [6, 6.07) is 15.7. The van der Waals surface area contributed by atoms with Crippen LogP contribution >= 0.6 is 0 Å². The number of carbonyl (C=O) groups is 1. The van der Waals surface area contributed by atoms with Crippen LogP contribution in [0.5, 0.6) is 5.75 Å². The quantitative estimate of drug-likeness (QED) is 0.609. The molecule has 2 aromatic carbocycles. The Morgan fingerprint density at radius 1 is 1.07 bits per heavy atom. The Labute approximate surface area is 166 Å². The molecule has 1 heterocycles. The second-order valence-electron chi connectivity index (χ2n) is 6.91. The van der Waals surface area contributed by atoms with E-state index in [1.165, 1.54) is 0 Å². The number of hydrogen-bond donors (Lipinski definition) is 1. The molecule has 1 N–H and O–H groups in total. The first-order valence-corrected chi connectivity index (χ1v) is 9.88. The van der Waals surface area contributed by atoms with E-state index in [1.54, 1.807) is 0 Å². The normalized spacial score (nSPS) is 11.1. The first-order valence-electron chi connectivity index (χ1n) is 9.88. The molecule has 0 saturated carbocycles. The Kier molecular flexibility index (Phi) is 6.71. The van der Waals surface area contributed by atoms with Gasteiger partial charge in [0, 0.05) is 36.4 Å². The van der Waals surface area contributed by atoms with Crippen LogP contribution in [0.25, 0.3) is 10.9 Å². The Hall–Kier alpha value is -2.79. The average Bonchev–Trinajstić information content (AvgIpc) is 3.02. The number of carbonyl (C=O) groups excluding carboxylic acids is 1. The third-order valence-electron chi connectivity index (χ3n) is 5.04. The maximum atomic E-state index is 12.5. The maximum absolute atomic E-state index is 12.5. The molecule has 0 atom stereocenters. The lowest BCUT2D eigenvalue weighted by atomic mass is 10.1. The molecule has 0 spiro atoms. The van der Waals surface area contributed by atoms with Crippen LogP contribution in [0.2, 0.25) is 0 Å². The smallest absolute Gasteiger partial charge is 0.228 e. The van der Waals surface area contributed by atoms with Crippen LogP contribution in [0.15, 0.2) is 54.7 Å². The molecule has 0 unspecified atom stereocenters. The fourth-order valence-electron chi connectivity index (χ4n) is 3.41. The zero-order valence-corrected chi connectivity index (χ0v) is 16.9. The molecule has 0 fully saturated rings. The molecule has 0 saturated heterocycles. The topological polar surface area (TPSA) is 46.5 Å². The van der Waals surface area contributed by atoms with Gasteiger partial charge in [-0.2, -0.15) is 0 Å². The predicted octanol–water partition coefficient (Wildman–Crippen LogP) is 4.08. The number of aryl methyl sites for hydroxylation is 1. The van der Waals surface area contributed by atoms with E-state index >= 15 is 0 Å². The van der Waals surface area contributed by atoms with Crippen LogP contribution in [0, 0.1) is 0 Å². The van der Waals surface area contributed by atoms with Crippen molar-refractivity contribution in [1.29, 1.82) is 0 Å². The molecule has 1 amide bonds. The summed E-state index contributed by atoms with van der Waals surface area (Å²) < 4.78 is 7.85. The average molecular weight is 380 g/mol. The van der Waals surface area contributed by atoms with Gasteiger partial charge in [0.05, 0.1) is 6.42 Å². The van der Waals surface area contributed by atoms with Crippen molar-refractivity contribution in [2.24, 2.45) is 7.05 Å². The molecule has 0 aliphatic carbocycles. The summed E-state index contributed by atoms with van der Waals surface area (Å²) in [5, 5.41) is 4.09. The molecule has 0 aliphatic heterocycles. The monoisotopic (exact) mass is 379 g/mol.